The lowest BCUT2D eigenvalue weighted by Gasteiger charge is -2.10. The van der Waals surface area contributed by atoms with E-state index in [1.807, 2.05) is 0 Å². The average Bonchev–Trinajstić information content (AvgIpc) is 2.55. The van der Waals surface area contributed by atoms with Crippen LogP contribution in [0.3, 0.4) is 0 Å². The van der Waals surface area contributed by atoms with Crippen molar-refractivity contribution in [2.24, 2.45) is 0 Å². The monoisotopic (exact) mass is 406 g/mol. The first-order valence-electron chi connectivity index (χ1n) is 7.46. The molecule has 0 radical (unpaired) electrons. The van der Waals surface area contributed by atoms with Crippen LogP contribution in [0.4, 0.5) is 23.2 Å². The van der Waals surface area contributed by atoms with Crippen LogP contribution in [0.15, 0.2) is 53.4 Å². The minimum atomic E-state index is -4.81. The van der Waals surface area contributed by atoms with Crippen LogP contribution in [0.25, 0.3) is 0 Å². The summed E-state index contributed by atoms with van der Waals surface area (Å²) in [7, 11) is -3.89. The number of anilines is 1. The van der Waals surface area contributed by atoms with Crippen molar-refractivity contribution in [3.63, 3.8) is 0 Å². The number of nitrogens with one attached hydrogen (secondary N) is 2. The van der Waals surface area contributed by atoms with Gasteiger partial charge in [0.05, 0.1) is 4.90 Å². The van der Waals surface area contributed by atoms with Gasteiger partial charge >= 0.3 is 6.36 Å². The van der Waals surface area contributed by atoms with Gasteiger partial charge in [0.15, 0.2) is 0 Å². The van der Waals surface area contributed by atoms with Gasteiger partial charge in [-0.05, 0) is 48.5 Å². The van der Waals surface area contributed by atoms with Crippen LogP contribution in [-0.4, -0.2) is 27.2 Å². The molecule has 6 nitrogen and oxygen atoms in total. The number of alkyl halides is 3. The Morgan fingerprint density at radius 3 is 2.15 bits per heavy atom. The van der Waals surface area contributed by atoms with Crippen LogP contribution in [0, 0.1) is 5.82 Å². The maximum absolute atomic E-state index is 12.8. The zero-order valence-corrected chi connectivity index (χ0v) is 14.4. The molecule has 27 heavy (non-hydrogen) atoms. The summed E-state index contributed by atoms with van der Waals surface area (Å²) < 4.78 is 78.8. The Kier molecular flexibility index (Phi) is 6.39. The Bertz CT molecular complexity index is 882. The van der Waals surface area contributed by atoms with Crippen molar-refractivity contribution in [3.05, 3.63) is 54.3 Å². The summed E-state index contributed by atoms with van der Waals surface area (Å²) in [4.78, 5) is 11.6. The van der Waals surface area contributed by atoms with E-state index in [2.05, 4.69) is 14.8 Å². The first-order valence-corrected chi connectivity index (χ1v) is 8.94. The number of carbonyl (C=O) groups excluding carboxylic acids is 1. The molecular weight excluding hydrogens is 392 g/mol. The summed E-state index contributed by atoms with van der Waals surface area (Å²) in [6.45, 7) is -0.221. The third kappa shape index (κ3) is 6.87. The largest absolute Gasteiger partial charge is 0.573 e. The lowest BCUT2D eigenvalue weighted by atomic mass is 10.3. The van der Waals surface area contributed by atoms with E-state index >= 15 is 0 Å². The number of rotatable bonds is 7. The molecule has 0 aliphatic rings. The fourth-order valence-electron chi connectivity index (χ4n) is 1.96. The van der Waals surface area contributed by atoms with Gasteiger partial charge < -0.3 is 10.1 Å². The highest BCUT2D eigenvalue weighted by molar-refractivity contribution is 7.89. The quantitative estimate of drug-likeness (QED) is 0.693. The smallest absolute Gasteiger partial charge is 0.406 e. The summed E-state index contributed by atoms with van der Waals surface area (Å²) in [6, 6.07) is 8.63. The molecule has 2 aromatic carbocycles. The molecule has 0 spiro atoms. The molecule has 0 aliphatic carbocycles. The first-order chi connectivity index (χ1) is 12.5. The molecule has 0 heterocycles. The van der Waals surface area contributed by atoms with Gasteiger partial charge in [-0.2, -0.15) is 0 Å². The van der Waals surface area contributed by atoms with Crippen LogP contribution < -0.4 is 14.8 Å². The predicted molar refractivity (Wildman–Crippen MR) is 88.0 cm³/mol. The van der Waals surface area contributed by atoms with Gasteiger partial charge in [-0.3, -0.25) is 4.79 Å². The van der Waals surface area contributed by atoms with Crippen molar-refractivity contribution in [2.45, 2.75) is 17.7 Å². The molecule has 1 amide bonds. The first kappa shape index (κ1) is 20.6. The van der Waals surface area contributed by atoms with E-state index < -0.39 is 33.9 Å². The number of hydrogen-bond donors (Lipinski definition) is 2. The van der Waals surface area contributed by atoms with Crippen molar-refractivity contribution in [2.75, 3.05) is 11.9 Å². The number of halogens is 4. The Morgan fingerprint density at radius 2 is 1.59 bits per heavy atom. The average molecular weight is 406 g/mol. The number of carbonyl (C=O) groups is 1. The Balaban J connectivity index is 1.83. The van der Waals surface area contributed by atoms with Crippen LogP contribution in [0.2, 0.25) is 0 Å². The highest BCUT2D eigenvalue weighted by Gasteiger charge is 2.30. The minimum absolute atomic E-state index is 0.149. The highest BCUT2D eigenvalue weighted by Crippen LogP contribution is 2.23. The van der Waals surface area contributed by atoms with Gasteiger partial charge in [-0.15, -0.1) is 13.2 Å². The topological polar surface area (TPSA) is 84.5 Å². The van der Waals surface area contributed by atoms with E-state index in [-0.39, 0.29) is 23.5 Å². The Labute approximate surface area is 152 Å². The molecule has 0 saturated carbocycles. The number of benzene rings is 2. The molecule has 2 N–H and O–H groups in total. The van der Waals surface area contributed by atoms with E-state index in [0.717, 1.165) is 36.4 Å². The fraction of sp³-hybridized carbons (Fsp3) is 0.188. The SMILES string of the molecule is O=C(CCNS(=O)(=O)c1ccc(F)cc1)Nc1ccc(OC(F)(F)F)cc1. The number of amides is 1. The molecule has 0 bridgehead atoms. The second-order valence-corrected chi connectivity index (χ2v) is 6.99. The molecule has 0 fully saturated rings. The van der Waals surface area contributed by atoms with Gasteiger partial charge in [0, 0.05) is 18.7 Å². The zero-order valence-electron chi connectivity index (χ0n) is 13.6. The Morgan fingerprint density at radius 1 is 1.00 bits per heavy atom. The molecule has 0 unspecified atom stereocenters. The third-order valence-electron chi connectivity index (χ3n) is 3.14. The molecule has 0 aliphatic heterocycles. The molecule has 0 saturated heterocycles. The number of hydrogen-bond acceptors (Lipinski definition) is 4. The molecule has 11 heteroatoms. The standard InChI is InChI=1S/C16H14F4N2O4S/c17-11-1-7-14(8-2-11)27(24,25)21-10-9-15(23)22-12-3-5-13(6-4-12)26-16(18,19)20/h1-8,21H,9-10H2,(H,22,23). The van der Waals surface area contributed by atoms with Gasteiger partial charge in [-0.25, -0.2) is 17.5 Å². The van der Waals surface area contributed by atoms with Gasteiger partial charge in [0.25, 0.3) is 0 Å². The van der Waals surface area contributed by atoms with Crippen molar-refractivity contribution < 1.29 is 35.5 Å². The van der Waals surface area contributed by atoms with Crippen molar-refractivity contribution in [1.82, 2.24) is 4.72 Å². The highest BCUT2D eigenvalue weighted by atomic mass is 32.2. The molecular formula is C16H14F4N2O4S. The van der Waals surface area contributed by atoms with Gasteiger partial charge in [0.2, 0.25) is 15.9 Å². The van der Waals surface area contributed by atoms with Gasteiger partial charge in [-0.1, -0.05) is 0 Å². The molecule has 146 valence electrons. The summed E-state index contributed by atoms with van der Waals surface area (Å²) in [5.41, 5.74) is 0.218. The van der Waals surface area contributed by atoms with Crippen LogP contribution >= 0.6 is 0 Å². The second-order valence-electron chi connectivity index (χ2n) is 5.22. The maximum atomic E-state index is 12.8. The molecule has 0 atom stereocenters. The maximum Gasteiger partial charge on any atom is 0.573 e. The predicted octanol–water partition coefficient (Wildman–Crippen LogP) is 3.03. The fourth-order valence-corrected chi connectivity index (χ4v) is 2.99. The van der Waals surface area contributed by atoms with Crippen LogP contribution in [0.1, 0.15) is 6.42 Å². The molecule has 2 rings (SSSR count). The van der Waals surface area contributed by atoms with Crippen molar-refractivity contribution >= 4 is 21.6 Å². The van der Waals surface area contributed by atoms with Crippen molar-refractivity contribution in [3.8, 4) is 5.75 Å². The Hall–Kier alpha value is -2.66. The lowest BCUT2D eigenvalue weighted by molar-refractivity contribution is -0.274. The van der Waals surface area contributed by atoms with Crippen LogP contribution in [0.5, 0.6) is 5.75 Å². The lowest BCUT2D eigenvalue weighted by Crippen LogP contribution is -2.27. The van der Waals surface area contributed by atoms with Gasteiger partial charge in [0.1, 0.15) is 11.6 Å². The third-order valence-corrected chi connectivity index (χ3v) is 4.62. The van der Waals surface area contributed by atoms with E-state index in [1.165, 1.54) is 12.1 Å². The van der Waals surface area contributed by atoms with E-state index in [9.17, 15) is 30.8 Å². The summed E-state index contributed by atoms with van der Waals surface area (Å²) >= 11 is 0. The normalized spacial score (nSPS) is 11.9. The summed E-state index contributed by atoms with van der Waals surface area (Å²) in [5.74, 6) is -1.58. The van der Waals surface area contributed by atoms with Crippen molar-refractivity contribution in [1.29, 1.82) is 0 Å². The number of ether oxygens (including phenoxy) is 1. The van der Waals surface area contributed by atoms with E-state index in [1.54, 1.807) is 0 Å². The second kappa shape index (κ2) is 8.35. The molecule has 2 aromatic rings. The van der Waals surface area contributed by atoms with Crippen LogP contribution in [-0.2, 0) is 14.8 Å². The zero-order chi connectivity index (χ0) is 20.1. The summed E-state index contributed by atoms with van der Waals surface area (Å²) in [6.07, 6.45) is -5.03. The summed E-state index contributed by atoms with van der Waals surface area (Å²) in [5, 5.41) is 2.41. The minimum Gasteiger partial charge on any atom is -0.406 e. The molecule has 0 aromatic heterocycles. The van der Waals surface area contributed by atoms with E-state index in [4.69, 9.17) is 0 Å². The number of sulfonamides is 1. The van der Waals surface area contributed by atoms with E-state index in [0.29, 0.717) is 0 Å².